The van der Waals surface area contributed by atoms with Gasteiger partial charge in [0.05, 0.1) is 29.8 Å². The Hall–Kier alpha value is -3.54. The molecule has 0 fully saturated rings. The zero-order valence-corrected chi connectivity index (χ0v) is 14.9. The lowest BCUT2D eigenvalue weighted by atomic mass is 9.90. The number of fused-ring (bicyclic) bond motifs is 2. The van der Waals surface area contributed by atoms with Crippen molar-refractivity contribution in [2.24, 2.45) is 11.0 Å². The van der Waals surface area contributed by atoms with Gasteiger partial charge in [-0.3, -0.25) is 9.36 Å². The van der Waals surface area contributed by atoms with Gasteiger partial charge in [-0.1, -0.05) is 42.5 Å². The van der Waals surface area contributed by atoms with E-state index in [0.717, 1.165) is 11.1 Å². The summed E-state index contributed by atoms with van der Waals surface area (Å²) in [6.45, 7) is 0.137. The van der Waals surface area contributed by atoms with Crippen molar-refractivity contribution < 1.29 is 4.39 Å². The van der Waals surface area contributed by atoms with Crippen molar-refractivity contribution in [3.05, 3.63) is 94.3 Å². The van der Waals surface area contributed by atoms with Crippen LogP contribution in [-0.4, -0.2) is 21.8 Å². The van der Waals surface area contributed by atoms with Crippen molar-refractivity contribution in [3.63, 3.8) is 0 Å². The smallest absolute Gasteiger partial charge is 0.261 e. The predicted molar refractivity (Wildman–Crippen MR) is 108 cm³/mol. The molecule has 5 rings (SSSR count). The van der Waals surface area contributed by atoms with Gasteiger partial charge in [-0.15, -0.1) is 0 Å². The summed E-state index contributed by atoms with van der Waals surface area (Å²) in [5, 5.41) is 4.61. The number of nitrogens with one attached hydrogen (secondary N) is 1. The molecule has 2 aromatic carbocycles. The highest BCUT2D eigenvalue weighted by atomic mass is 19.1. The first kappa shape index (κ1) is 16.6. The van der Waals surface area contributed by atoms with Crippen LogP contribution in [0.5, 0.6) is 0 Å². The average molecular weight is 372 g/mol. The summed E-state index contributed by atoms with van der Waals surface area (Å²) in [5.41, 5.74) is 5.70. The van der Waals surface area contributed by atoms with Gasteiger partial charge in [0.2, 0.25) is 0 Å². The van der Waals surface area contributed by atoms with Crippen LogP contribution in [0.4, 0.5) is 4.39 Å². The minimum Gasteiger partial charge on any atom is -0.302 e. The third-order valence-electron chi connectivity index (χ3n) is 5.20. The van der Waals surface area contributed by atoms with Crippen molar-refractivity contribution in [1.29, 1.82) is 0 Å². The van der Waals surface area contributed by atoms with E-state index in [-0.39, 0.29) is 29.9 Å². The van der Waals surface area contributed by atoms with Gasteiger partial charge in [-0.25, -0.2) is 9.37 Å². The number of hydrogen-bond donors (Lipinski definition) is 1. The number of aromatic nitrogens is 2. The Balaban J connectivity index is 1.44. The predicted octanol–water partition coefficient (Wildman–Crippen LogP) is 3.11. The molecule has 0 spiro atoms. The summed E-state index contributed by atoms with van der Waals surface area (Å²) in [7, 11) is 0. The molecule has 3 aromatic rings. The highest BCUT2D eigenvalue weighted by Crippen LogP contribution is 2.27. The van der Waals surface area contributed by atoms with Gasteiger partial charge in [-0.2, -0.15) is 5.10 Å². The molecule has 0 amide bonds. The molecule has 6 heteroatoms. The SMILES string of the molecule is O=c1c2ccccc2ncn1Cc1ccc(C2=CC3NN=CC3C=C2)cc1F. The Morgan fingerprint density at radius 2 is 2.07 bits per heavy atom. The molecule has 2 unspecified atom stereocenters. The molecule has 2 heterocycles. The first-order chi connectivity index (χ1) is 13.7. The van der Waals surface area contributed by atoms with Crippen LogP contribution in [0.15, 0.2) is 76.9 Å². The molecule has 1 aliphatic carbocycles. The fourth-order valence-corrected chi connectivity index (χ4v) is 3.63. The summed E-state index contributed by atoms with van der Waals surface area (Å²) in [4.78, 5) is 16.9. The third-order valence-corrected chi connectivity index (χ3v) is 5.20. The van der Waals surface area contributed by atoms with Gasteiger partial charge in [0.25, 0.3) is 5.56 Å². The number of nitrogens with zero attached hydrogens (tertiary/aromatic N) is 3. The van der Waals surface area contributed by atoms with Crippen molar-refractivity contribution in [1.82, 2.24) is 15.0 Å². The Morgan fingerprint density at radius 3 is 2.96 bits per heavy atom. The molecule has 2 aliphatic rings. The van der Waals surface area contributed by atoms with Crippen LogP contribution in [0.1, 0.15) is 11.1 Å². The lowest BCUT2D eigenvalue weighted by molar-refractivity contribution is 0.594. The largest absolute Gasteiger partial charge is 0.302 e. The molecular formula is C22H17FN4O. The highest BCUT2D eigenvalue weighted by molar-refractivity contribution is 5.80. The molecule has 2 atom stereocenters. The van der Waals surface area contributed by atoms with Gasteiger partial charge in [0.1, 0.15) is 5.82 Å². The number of hydrogen-bond acceptors (Lipinski definition) is 4. The van der Waals surface area contributed by atoms with E-state index < -0.39 is 0 Å². The number of para-hydroxylation sites is 1. The summed E-state index contributed by atoms with van der Waals surface area (Å²) in [5.74, 6) is -0.0928. The van der Waals surface area contributed by atoms with Crippen molar-refractivity contribution in [3.8, 4) is 0 Å². The minimum atomic E-state index is -0.343. The molecule has 28 heavy (non-hydrogen) atoms. The molecule has 5 nitrogen and oxygen atoms in total. The van der Waals surface area contributed by atoms with E-state index >= 15 is 0 Å². The van der Waals surface area contributed by atoms with E-state index in [1.54, 1.807) is 24.3 Å². The van der Waals surface area contributed by atoms with Crippen LogP contribution >= 0.6 is 0 Å². The fraction of sp³-hybridized carbons (Fsp3) is 0.136. The van der Waals surface area contributed by atoms with Gasteiger partial charge < -0.3 is 5.43 Å². The second-order valence-electron chi connectivity index (χ2n) is 6.99. The standard InChI is InChI=1S/C22H17FN4O/c23-19-9-14(15-5-7-16-11-25-26-21(16)10-15)6-8-17(19)12-27-13-24-20-4-2-1-3-18(20)22(27)28/h1-11,13,16,21,26H,12H2. The molecule has 0 bridgehead atoms. The summed E-state index contributed by atoms with van der Waals surface area (Å²) in [6.07, 6.45) is 9.45. The quantitative estimate of drug-likeness (QED) is 0.769. The highest BCUT2D eigenvalue weighted by Gasteiger charge is 2.23. The summed E-state index contributed by atoms with van der Waals surface area (Å²) in [6, 6.07) is 12.4. The maximum absolute atomic E-state index is 14.8. The molecule has 1 aliphatic heterocycles. The number of halogens is 1. The number of benzene rings is 2. The Labute approximate surface area is 160 Å². The molecule has 0 radical (unpaired) electrons. The second kappa shape index (κ2) is 6.56. The van der Waals surface area contributed by atoms with Gasteiger partial charge in [-0.05, 0) is 29.3 Å². The third kappa shape index (κ3) is 2.83. The fourth-order valence-electron chi connectivity index (χ4n) is 3.63. The molecule has 138 valence electrons. The average Bonchev–Trinajstić information content (AvgIpc) is 3.19. The molecule has 0 saturated carbocycles. The van der Waals surface area contributed by atoms with E-state index in [1.165, 1.54) is 17.0 Å². The van der Waals surface area contributed by atoms with Crippen LogP contribution < -0.4 is 11.0 Å². The normalized spacial score (nSPS) is 20.1. The van der Waals surface area contributed by atoms with E-state index in [2.05, 4.69) is 27.7 Å². The van der Waals surface area contributed by atoms with Crippen molar-refractivity contribution in [2.75, 3.05) is 0 Å². The molecule has 0 saturated heterocycles. The van der Waals surface area contributed by atoms with Gasteiger partial charge >= 0.3 is 0 Å². The lowest BCUT2D eigenvalue weighted by Gasteiger charge is -2.18. The first-order valence-electron chi connectivity index (χ1n) is 9.11. The Morgan fingerprint density at radius 1 is 1.18 bits per heavy atom. The van der Waals surface area contributed by atoms with E-state index in [1.807, 2.05) is 24.4 Å². The van der Waals surface area contributed by atoms with Crippen LogP contribution in [0.2, 0.25) is 0 Å². The van der Waals surface area contributed by atoms with E-state index in [9.17, 15) is 9.18 Å². The van der Waals surface area contributed by atoms with Gasteiger partial charge in [0.15, 0.2) is 0 Å². The number of rotatable bonds is 3. The van der Waals surface area contributed by atoms with Crippen LogP contribution in [0.25, 0.3) is 16.5 Å². The molecular weight excluding hydrogens is 355 g/mol. The second-order valence-corrected chi connectivity index (χ2v) is 6.99. The number of allylic oxidation sites excluding steroid dienone is 2. The minimum absolute atomic E-state index is 0.116. The summed E-state index contributed by atoms with van der Waals surface area (Å²) >= 11 is 0. The van der Waals surface area contributed by atoms with Crippen LogP contribution in [0.3, 0.4) is 0 Å². The molecule has 1 aromatic heterocycles. The van der Waals surface area contributed by atoms with Crippen molar-refractivity contribution >= 4 is 22.7 Å². The van der Waals surface area contributed by atoms with Gasteiger partial charge in [0, 0.05) is 17.7 Å². The zero-order valence-electron chi connectivity index (χ0n) is 14.9. The maximum atomic E-state index is 14.8. The Kier molecular flexibility index (Phi) is 3.90. The zero-order chi connectivity index (χ0) is 19.1. The van der Waals surface area contributed by atoms with Crippen molar-refractivity contribution in [2.45, 2.75) is 12.6 Å². The summed E-state index contributed by atoms with van der Waals surface area (Å²) < 4.78 is 16.2. The van der Waals surface area contributed by atoms with E-state index in [0.29, 0.717) is 16.5 Å². The van der Waals surface area contributed by atoms with Crippen LogP contribution in [0, 0.1) is 11.7 Å². The number of hydrazone groups is 1. The first-order valence-corrected chi connectivity index (χ1v) is 9.11. The van der Waals surface area contributed by atoms with E-state index in [4.69, 9.17) is 0 Å². The topological polar surface area (TPSA) is 59.3 Å². The lowest BCUT2D eigenvalue weighted by Crippen LogP contribution is -2.25. The molecule has 1 N–H and O–H groups in total. The maximum Gasteiger partial charge on any atom is 0.261 e. The Bertz CT molecular complexity index is 1220. The van der Waals surface area contributed by atoms with Crippen LogP contribution in [-0.2, 0) is 6.54 Å². The monoisotopic (exact) mass is 372 g/mol.